The Kier molecular flexibility index (Phi) is 16.1. The summed E-state index contributed by atoms with van der Waals surface area (Å²) in [6, 6.07) is 27.6. The summed E-state index contributed by atoms with van der Waals surface area (Å²) in [6.45, 7) is 3.81. The lowest BCUT2D eigenvalue weighted by Gasteiger charge is -2.59. The third kappa shape index (κ3) is 11.3. The van der Waals surface area contributed by atoms with E-state index in [1.807, 2.05) is 6.07 Å². The van der Waals surface area contributed by atoms with Gasteiger partial charge in [-0.3, -0.25) is 29.9 Å². The Bertz CT molecular complexity index is 2960. The van der Waals surface area contributed by atoms with Gasteiger partial charge in [0.2, 0.25) is 12.6 Å². The number of carbonyl (C=O) groups is 2. The largest absolute Gasteiger partial charge is 0.459 e. The molecule has 9 rings (SSSR count). The zero-order valence-electron chi connectivity index (χ0n) is 40.9. The average Bonchev–Trinajstić information content (AvgIpc) is 3.90. The molecule has 19 heteroatoms. The number of nitro groups is 2. The quantitative estimate of drug-likeness (QED) is 0.0203. The maximum absolute atomic E-state index is 15.3. The van der Waals surface area contributed by atoms with Crippen LogP contribution in [0.5, 0.6) is 34.5 Å². The van der Waals surface area contributed by atoms with Gasteiger partial charge in [-0.2, -0.15) is 0 Å². The molecular weight excluding hydrogens is 969 g/mol. The van der Waals surface area contributed by atoms with Gasteiger partial charge in [0.1, 0.15) is 41.9 Å². The van der Waals surface area contributed by atoms with E-state index in [-0.39, 0.29) is 75.1 Å². The lowest BCUT2D eigenvalue weighted by molar-refractivity contribution is -0.385. The van der Waals surface area contributed by atoms with E-state index >= 15 is 4.79 Å². The van der Waals surface area contributed by atoms with Crippen LogP contribution in [0.15, 0.2) is 139 Å². The van der Waals surface area contributed by atoms with Gasteiger partial charge >= 0.3 is 6.09 Å². The lowest BCUT2D eigenvalue weighted by atomic mass is 9.55. The minimum atomic E-state index is -1.73. The molecule has 0 radical (unpaired) electrons. The van der Waals surface area contributed by atoms with E-state index in [9.17, 15) is 35.2 Å². The van der Waals surface area contributed by atoms with Gasteiger partial charge in [0.25, 0.3) is 11.4 Å². The summed E-state index contributed by atoms with van der Waals surface area (Å²) in [4.78, 5) is 56.9. The van der Waals surface area contributed by atoms with Crippen LogP contribution < -0.4 is 23.7 Å². The number of hydrogen-bond donors (Lipinski definition) is 2. The minimum absolute atomic E-state index is 0.00571. The summed E-state index contributed by atoms with van der Waals surface area (Å²) in [5.41, 5.74) is 3.35. The number of aliphatic hydroxyl groups is 2. The number of nitro benzene ring substituents is 2. The van der Waals surface area contributed by atoms with Crippen molar-refractivity contribution in [2.24, 2.45) is 22.9 Å². The van der Waals surface area contributed by atoms with Gasteiger partial charge in [0.15, 0.2) is 11.5 Å². The number of rotatable bonds is 23. The second-order valence-electron chi connectivity index (χ2n) is 18.7. The number of benzene rings is 5. The molecule has 2 N–H and O–H groups in total. The molecule has 75 heavy (non-hydrogen) atoms. The molecule has 1 fully saturated rings. The van der Waals surface area contributed by atoms with Crippen molar-refractivity contribution in [3.8, 4) is 34.5 Å². The van der Waals surface area contributed by atoms with Crippen LogP contribution in [-0.2, 0) is 22.7 Å². The molecule has 0 bridgehead atoms. The molecule has 5 aromatic rings. The molecule has 19 nitrogen and oxygen atoms in total. The lowest BCUT2D eigenvalue weighted by Crippen LogP contribution is -2.70. The topological polar surface area (TPSA) is 241 Å². The normalized spacial score (nSPS) is 21.4. The van der Waals surface area contributed by atoms with E-state index in [4.69, 9.17) is 38.4 Å². The fraction of sp³-hybridized carbons (Fsp3) is 0.339. The van der Waals surface area contributed by atoms with Crippen molar-refractivity contribution in [3.63, 3.8) is 0 Å². The molecule has 6 atom stereocenters. The van der Waals surface area contributed by atoms with Crippen molar-refractivity contribution < 1.29 is 62.9 Å². The molecule has 5 aromatic carbocycles. The Balaban J connectivity index is 1.24. The molecule has 1 saturated carbocycles. The zero-order valence-corrected chi connectivity index (χ0v) is 40.9. The van der Waals surface area contributed by atoms with Crippen LogP contribution in [0.3, 0.4) is 0 Å². The summed E-state index contributed by atoms with van der Waals surface area (Å²) in [5, 5.41) is 48.1. The van der Waals surface area contributed by atoms with Crippen LogP contribution in [0.2, 0.25) is 0 Å². The maximum atomic E-state index is 15.3. The average molecular weight is 1030 g/mol. The SMILES string of the molecule is C=CCO[C@@]12Oc3ccc(Oc4cccc(C=O)c4)cc3[C@H]3[C@H](CCCCO)[C@@H](CCCCO)C=C(C(=NOCc4ccc([N+](=O)[O-])cc4)C[C@@H]1N(Cc1ccc4c(c1)OCO4)C(=O)Oc1ccc([N+](=O)[O-])cc1)[C@H]32. The number of oxime groups is 1. The summed E-state index contributed by atoms with van der Waals surface area (Å²) in [6.07, 6.45) is 7.43. The van der Waals surface area contributed by atoms with Gasteiger partial charge in [-0.25, -0.2) is 4.79 Å². The number of fused-ring (bicyclic) bond motifs is 3. The molecular formula is C56H56N4O15. The Morgan fingerprint density at radius 2 is 1.49 bits per heavy atom. The molecule has 390 valence electrons. The number of allylic oxidation sites excluding steroid dienone is 1. The van der Waals surface area contributed by atoms with Gasteiger partial charge in [-0.1, -0.05) is 48.3 Å². The minimum Gasteiger partial charge on any atom is -0.459 e. The van der Waals surface area contributed by atoms with Gasteiger partial charge < -0.3 is 43.5 Å². The van der Waals surface area contributed by atoms with Crippen molar-refractivity contribution in [1.82, 2.24) is 4.90 Å². The van der Waals surface area contributed by atoms with Gasteiger partial charge in [0, 0.05) is 67.5 Å². The molecule has 2 heterocycles. The van der Waals surface area contributed by atoms with E-state index in [0.29, 0.717) is 89.7 Å². The van der Waals surface area contributed by atoms with Gasteiger partial charge in [-0.15, -0.1) is 6.58 Å². The fourth-order valence-electron chi connectivity index (χ4n) is 10.7. The standard InChI is InChI=1S/C56H56N4O15/c1-2-26-71-56-52(58(32-37-14-22-50-51(28-37)70-35-69-50)55(64)74-42-19-17-41(18-20-42)60(67)68)31-48(57-72-34-36-12-15-40(16-13-36)59(65)66)46-29-39(9-3-5-24-61)45(11-4-6-25-62)53(54(46)56)47-30-44(21-23-49(47)75-56)73-43-10-7-8-38(27-43)33-63/h2,7-8,10,12-23,27-30,33,39,45,52-54,61-62H,1,3-6,9,11,24-26,31-32,34-35H2/t39-,45+,52-,53+,54+,56+/m0/s1. The first-order valence-corrected chi connectivity index (χ1v) is 24.8. The smallest absolute Gasteiger partial charge is 0.416 e. The number of amides is 1. The van der Waals surface area contributed by atoms with E-state index < -0.39 is 39.6 Å². The predicted molar refractivity (Wildman–Crippen MR) is 272 cm³/mol. The van der Waals surface area contributed by atoms with Gasteiger partial charge in [-0.05, 0) is 121 Å². The van der Waals surface area contributed by atoms with Gasteiger partial charge in [0.05, 0.1) is 28.1 Å². The fourth-order valence-corrected chi connectivity index (χ4v) is 10.7. The molecule has 2 aliphatic carbocycles. The Morgan fingerprint density at radius 1 is 0.813 bits per heavy atom. The summed E-state index contributed by atoms with van der Waals surface area (Å²) >= 11 is 0. The first-order valence-electron chi connectivity index (χ1n) is 24.8. The second-order valence-corrected chi connectivity index (χ2v) is 18.7. The molecule has 0 unspecified atom stereocenters. The number of aliphatic hydroxyl groups excluding tert-OH is 2. The third-order valence-corrected chi connectivity index (χ3v) is 14.1. The first kappa shape index (κ1) is 51.8. The molecule has 1 amide bonds. The van der Waals surface area contributed by atoms with Crippen LogP contribution in [0.25, 0.3) is 0 Å². The number of ether oxygens (including phenoxy) is 6. The Morgan fingerprint density at radius 3 is 2.21 bits per heavy atom. The highest BCUT2D eigenvalue weighted by atomic mass is 16.7. The highest BCUT2D eigenvalue weighted by Crippen LogP contribution is 2.62. The highest BCUT2D eigenvalue weighted by molar-refractivity contribution is 6.03. The molecule has 0 saturated heterocycles. The van der Waals surface area contributed by atoms with Crippen LogP contribution in [0.1, 0.15) is 77.9 Å². The number of hydrogen-bond acceptors (Lipinski definition) is 16. The van der Waals surface area contributed by atoms with Crippen molar-refractivity contribution in [3.05, 3.63) is 176 Å². The molecule has 2 aliphatic heterocycles. The van der Waals surface area contributed by atoms with Crippen LogP contribution in [0.4, 0.5) is 16.2 Å². The molecule has 0 spiro atoms. The summed E-state index contributed by atoms with van der Waals surface area (Å²) < 4.78 is 38.5. The van der Waals surface area contributed by atoms with E-state index in [1.165, 1.54) is 41.3 Å². The number of nitrogens with zero attached hydrogens (tertiary/aromatic N) is 4. The van der Waals surface area contributed by atoms with Crippen molar-refractivity contribution in [1.29, 1.82) is 0 Å². The van der Waals surface area contributed by atoms with Crippen molar-refractivity contribution in [2.45, 2.75) is 75.8 Å². The first-order chi connectivity index (χ1) is 36.5. The van der Waals surface area contributed by atoms with E-state index in [2.05, 4.69) is 12.7 Å². The maximum Gasteiger partial charge on any atom is 0.416 e. The summed E-state index contributed by atoms with van der Waals surface area (Å²) in [5.74, 6) is -0.831. The number of aldehydes is 1. The zero-order chi connectivity index (χ0) is 52.5. The monoisotopic (exact) mass is 1020 g/mol. The number of non-ortho nitro benzene ring substituents is 2. The van der Waals surface area contributed by atoms with E-state index in [0.717, 1.165) is 17.4 Å². The molecule has 4 aliphatic rings. The molecule has 0 aromatic heterocycles. The van der Waals surface area contributed by atoms with E-state index in [1.54, 1.807) is 72.8 Å². The third-order valence-electron chi connectivity index (χ3n) is 14.1. The number of unbranched alkanes of at least 4 members (excludes halogenated alkanes) is 2. The Hall–Kier alpha value is -8.13. The Labute approximate surface area is 431 Å². The van der Waals surface area contributed by atoms with Crippen molar-refractivity contribution in [2.75, 3.05) is 26.6 Å². The van der Waals surface area contributed by atoms with Crippen LogP contribution in [-0.4, -0.2) is 81.5 Å². The van der Waals surface area contributed by atoms with Crippen LogP contribution in [0, 0.1) is 38.0 Å². The summed E-state index contributed by atoms with van der Waals surface area (Å²) in [7, 11) is 0. The van der Waals surface area contributed by atoms with Crippen molar-refractivity contribution >= 4 is 29.5 Å². The second kappa shape index (κ2) is 23.4. The highest BCUT2D eigenvalue weighted by Gasteiger charge is 2.66. The van der Waals surface area contributed by atoms with Crippen LogP contribution >= 0.6 is 0 Å². The predicted octanol–water partition coefficient (Wildman–Crippen LogP) is 10.4. The number of carbonyl (C=O) groups excluding carboxylic acids is 2.